The molecule has 2 heterocycles. The van der Waals surface area contributed by atoms with Crippen molar-refractivity contribution in [1.82, 2.24) is 0 Å². The smallest absolute Gasteiger partial charge is 0.140 e. The fourth-order valence-electron chi connectivity index (χ4n) is 4.46. The number of fused-ring (bicyclic) bond motifs is 5. The van der Waals surface area contributed by atoms with E-state index >= 15 is 0 Å². The highest BCUT2D eigenvalue weighted by atomic mass is 16.5. The summed E-state index contributed by atoms with van der Waals surface area (Å²) in [7, 11) is 0. The van der Waals surface area contributed by atoms with Crippen LogP contribution >= 0.6 is 0 Å². The molecule has 0 aromatic heterocycles. The van der Waals surface area contributed by atoms with Gasteiger partial charge in [0, 0.05) is 18.3 Å². The fourth-order valence-corrected chi connectivity index (χ4v) is 4.46. The Morgan fingerprint density at radius 1 is 1.39 bits per heavy atom. The summed E-state index contributed by atoms with van der Waals surface area (Å²) in [4.78, 5) is 12.1. The third-order valence-corrected chi connectivity index (χ3v) is 5.52. The van der Waals surface area contributed by atoms with Gasteiger partial charge in [-0.2, -0.15) is 0 Å². The predicted octanol–water partition coefficient (Wildman–Crippen LogP) is 3.22. The van der Waals surface area contributed by atoms with E-state index in [1.165, 1.54) is 5.57 Å². The van der Waals surface area contributed by atoms with Crippen LogP contribution in [0.5, 0.6) is 0 Å². The zero-order chi connectivity index (χ0) is 13.0. The third kappa shape index (κ3) is 1.61. The lowest BCUT2D eigenvalue weighted by Gasteiger charge is -2.38. The number of ether oxygens (including phenoxy) is 1. The van der Waals surface area contributed by atoms with Crippen LogP contribution in [0.2, 0.25) is 0 Å². The molecular weight excluding hydrogens is 224 g/mol. The van der Waals surface area contributed by atoms with E-state index in [0.29, 0.717) is 35.9 Å². The molecule has 0 radical (unpaired) electrons. The number of hydrogen-bond acceptors (Lipinski definition) is 2. The van der Waals surface area contributed by atoms with E-state index in [4.69, 9.17) is 4.74 Å². The van der Waals surface area contributed by atoms with E-state index in [2.05, 4.69) is 33.8 Å². The summed E-state index contributed by atoms with van der Waals surface area (Å²) < 4.78 is 6.22. The summed E-state index contributed by atoms with van der Waals surface area (Å²) in [6, 6.07) is 0. The minimum absolute atomic E-state index is 0.100. The average Bonchev–Trinajstić information content (AvgIpc) is 2.63. The Kier molecular flexibility index (Phi) is 2.89. The quantitative estimate of drug-likeness (QED) is 0.666. The topological polar surface area (TPSA) is 26.3 Å². The standard InChI is InChI=1S/C16H24O2/c1-8(2)11-6-5-9(3)14-13-7-12(17)10(4)16(18-13)15(11)14/h5,8,10-11,13-16H,6-7H2,1-4H3/t10-,11+,13+,14+,15+,16-/m0/s1. The van der Waals surface area contributed by atoms with Crippen molar-refractivity contribution in [2.75, 3.05) is 0 Å². The summed E-state index contributed by atoms with van der Waals surface area (Å²) in [5, 5.41) is 0. The molecule has 18 heavy (non-hydrogen) atoms. The Morgan fingerprint density at radius 2 is 2.11 bits per heavy atom. The molecule has 0 amide bonds. The Morgan fingerprint density at radius 3 is 2.78 bits per heavy atom. The number of Topliss-reactive ketones (excluding diaryl/α,β-unsaturated/α-hetero) is 1. The number of hydrogen-bond donors (Lipinski definition) is 0. The van der Waals surface area contributed by atoms with Gasteiger partial charge in [0.25, 0.3) is 0 Å². The number of allylic oxidation sites excluding steroid dienone is 1. The zero-order valence-corrected chi connectivity index (χ0v) is 11.8. The van der Waals surface area contributed by atoms with Crippen LogP contribution in [-0.2, 0) is 9.53 Å². The molecule has 0 aromatic carbocycles. The monoisotopic (exact) mass is 248 g/mol. The first kappa shape index (κ1) is 12.4. The summed E-state index contributed by atoms with van der Waals surface area (Å²) in [6.45, 7) is 8.92. The Balaban J connectivity index is 2.00. The van der Waals surface area contributed by atoms with Gasteiger partial charge in [-0.05, 0) is 31.1 Å². The molecule has 2 nitrogen and oxygen atoms in total. The first-order chi connectivity index (χ1) is 8.50. The first-order valence-electron chi connectivity index (χ1n) is 7.35. The largest absolute Gasteiger partial charge is 0.373 e. The second-order valence-electron chi connectivity index (χ2n) is 6.79. The summed E-state index contributed by atoms with van der Waals surface area (Å²) in [5.41, 5.74) is 1.46. The summed E-state index contributed by atoms with van der Waals surface area (Å²) in [6.07, 6.45) is 4.54. The van der Waals surface area contributed by atoms with E-state index in [0.717, 1.165) is 6.42 Å². The lowest BCUT2D eigenvalue weighted by molar-refractivity contribution is -0.139. The molecule has 0 spiro atoms. The second kappa shape index (κ2) is 4.19. The molecule has 2 bridgehead atoms. The van der Waals surface area contributed by atoms with Gasteiger partial charge in [0.1, 0.15) is 5.78 Å². The lowest BCUT2D eigenvalue weighted by atomic mass is 9.65. The SMILES string of the molecule is CC1=CC[C@H](C(C)C)[C@H]2[C@H]3O[C@H](CC(=O)[C@@H]3C)[C@@H]12. The van der Waals surface area contributed by atoms with Gasteiger partial charge >= 0.3 is 0 Å². The van der Waals surface area contributed by atoms with Gasteiger partial charge < -0.3 is 4.74 Å². The minimum Gasteiger partial charge on any atom is -0.373 e. The molecule has 3 rings (SSSR count). The molecule has 6 atom stereocenters. The Labute approximate surface area is 110 Å². The van der Waals surface area contributed by atoms with Crippen LogP contribution in [-0.4, -0.2) is 18.0 Å². The van der Waals surface area contributed by atoms with Crippen LogP contribution in [0.1, 0.15) is 40.5 Å². The van der Waals surface area contributed by atoms with Crippen LogP contribution in [0.4, 0.5) is 0 Å². The molecule has 3 aliphatic rings. The van der Waals surface area contributed by atoms with Gasteiger partial charge in [0.15, 0.2) is 0 Å². The predicted molar refractivity (Wildman–Crippen MR) is 71.1 cm³/mol. The van der Waals surface area contributed by atoms with Crippen molar-refractivity contribution < 1.29 is 9.53 Å². The van der Waals surface area contributed by atoms with Crippen LogP contribution in [0, 0.1) is 29.6 Å². The van der Waals surface area contributed by atoms with Crippen molar-refractivity contribution in [2.24, 2.45) is 29.6 Å². The second-order valence-corrected chi connectivity index (χ2v) is 6.79. The van der Waals surface area contributed by atoms with E-state index in [-0.39, 0.29) is 18.1 Å². The summed E-state index contributed by atoms with van der Waals surface area (Å²) >= 11 is 0. The van der Waals surface area contributed by atoms with Gasteiger partial charge in [0.05, 0.1) is 12.2 Å². The summed E-state index contributed by atoms with van der Waals surface area (Å²) in [5.74, 6) is 2.95. The fraction of sp³-hybridized carbons (Fsp3) is 0.812. The molecule has 2 aliphatic heterocycles. The molecular formula is C16H24O2. The van der Waals surface area contributed by atoms with E-state index in [9.17, 15) is 4.79 Å². The van der Waals surface area contributed by atoms with Crippen LogP contribution in [0.3, 0.4) is 0 Å². The Hall–Kier alpha value is -0.630. The first-order valence-corrected chi connectivity index (χ1v) is 7.35. The molecule has 100 valence electrons. The van der Waals surface area contributed by atoms with Crippen molar-refractivity contribution in [3.8, 4) is 0 Å². The zero-order valence-electron chi connectivity index (χ0n) is 11.8. The van der Waals surface area contributed by atoms with Gasteiger partial charge in [-0.3, -0.25) is 4.79 Å². The number of carbonyl (C=O) groups excluding carboxylic acids is 1. The number of carbonyl (C=O) groups is 1. The van der Waals surface area contributed by atoms with Gasteiger partial charge in [0.2, 0.25) is 0 Å². The van der Waals surface area contributed by atoms with Crippen LogP contribution in [0.25, 0.3) is 0 Å². The highest BCUT2D eigenvalue weighted by Gasteiger charge is 2.56. The van der Waals surface area contributed by atoms with Crippen molar-refractivity contribution in [2.45, 2.75) is 52.7 Å². The average molecular weight is 248 g/mol. The Bertz CT molecular complexity index is 396. The molecule has 0 unspecified atom stereocenters. The van der Waals surface area contributed by atoms with Crippen molar-refractivity contribution in [3.63, 3.8) is 0 Å². The maximum atomic E-state index is 12.1. The molecule has 2 saturated heterocycles. The van der Waals surface area contributed by atoms with E-state index in [1.54, 1.807) is 0 Å². The highest BCUT2D eigenvalue weighted by Crippen LogP contribution is 2.53. The van der Waals surface area contributed by atoms with Gasteiger partial charge in [-0.15, -0.1) is 0 Å². The molecule has 0 aromatic rings. The third-order valence-electron chi connectivity index (χ3n) is 5.52. The molecule has 0 N–H and O–H groups in total. The van der Waals surface area contributed by atoms with Crippen molar-refractivity contribution in [3.05, 3.63) is 11.6 Å². The molecule has 2 heteroatoms. The van der Waals surface area contributed by atoms with Crippen molar-refractivity contribution in [1.29, 1.82) is 0 Å². The van der Waals surface area contributed by atoms with Gasteiger partial charge in [-0.25, -0.2) is 0 Å². The minimum atomic E-state index is 0.100. The highest BCUT2D eigenvalue weighted by molar-refractivity contribution is 5.83. The normalized spacial score (nSPS) is 47.2. The molecule has 2 fully saturated rings. The molecule has 0 saturated carbocycles. The van der Waals surface area contributed by atoms with Crippen LogP contribution in [0.15, 0.2) is 11.6 Å². The van der Waals surface area contributed by atoms with Gasteiger partial charge in [-0.1, -0.05) is 32.4 Å². The van der Waals surface area contributed by atoms with E-state index in [1.807, 2.05) is 0 Å². The number of ketones is 1. The molecule has 1 aliphatic carbocycles. The number of rotatable bonds is 1. The van der Waals surface area contributed by atoms with Crippen molar-refractivity contribution >= 4 is 5.78 Å². The lowest BCUT2D eigenvalue weighted by Crippen LogP contribution is -2.39. The van der Waals surface area contributed by atoms with E-state index < -0.39 is 0 Å². The maximum Gasteiger partial charge on any atom is 0.140 e. The van der Waals surface area contributed by atoms with Crippen LogP contribution < -0.4 is 0 Å². The maximum absolute atomic E-state index is 12.1.